The Morgan fingerprint density at radius 1 is 1.07 bits per heavy atom. The molecule has 0 aliphatic carbocycles. The zero-order valence-corrected chi connectivity index (χ0v) is 17.9. The molecular formula is C24H27N3O3. The number of carbonyl (C=O) groups excluding carboxylic acids is 2. The molecule has 1 aromatic heterocycles. The molecule has 2 aromatic carbocycles. The first kappa shape index (κ1) is 21.3. The third-order valence-electron chi connectivity index (χ3n) is 5.05. The molecule has 0 aliphatic heterocycles. The summed E-state index contributed by atoms with van der Waals surface area (Å²) < 4.78 is 5.33. The zero-order valence-electron chi connectivity index (χ0n) is 17.9. The van der Waals surface area contributed by atoms with Crippen LogP contribution in [0.1, 0.15) is 34.1 Å². The third kappa shape index (κ3) is 4.76. The summed E-state index contributed by atoms with van der Waals surface area (Å²) >= 11 is 0. The molecule has 0 aliphatic rings. The minimum atomic E-state index is -0.508. The topological polar surface area (TPSA) is 71.5 Å². The van der Waals surface area contributed by atoms with Crippen molar-refractivity contribution < 1.29 is 14.3 Å². The van der Waals surface area contributed by atoms with E-state index in [2.05, 4.69) is 10.3 Å². The number of ether oxygens (including phenoxy) is 1. The minimum absolute atomic E-state index is 0.327. The largest absolute Gasteiger partial charge is 0.452 e. The van der Waals surface area contributed by atoms with Gasteiger partial charge in [-0.3, -0.25) is 9.78 Å². The molecule has 1 heterocycles. The van der Waals surface area contributed by atoms with Gasteiger partial charge in [-0.2, -0.15) is 0 Å². The summed E-state index contributed by atoms with van der Waals surface area (Å²) in [6.07, 6.45) is 0.712. The van der Waals surface area contributed by atoms with Crippen molar-refractivity contribution in [2.24, 2.45) is 0 Å². The lowest BCUT2D eigenvalue weighted by Gasteiger charge is -2.14. The molecule has 0 saturated carbocycles. The lowest BCUT2D eigenvalue weighted by atomic mass is 10.0. The van der Waals surface area contributed by atoms with Gasteiger partial charge in [0.2, 0.25) is 0 Å². The third-order valence-corrected chi connectivity index (χ3v) is 5.05. The quantitative estimate of drug-likeness (QED) is 0.608. The molecule has 1 N–H and O–H groups in total. The Morgan fingerprint density at radius 3 is 2.43 bits per heavy atom. The predicted octanol–water partition coefficient (Wildman–Crippen LogP) is 3.64. The van der Waals surface area contributed by atoms with Gasteiger partial charge < -0.3 is 15.0 Å². The second kappa shape index (κ2) is 9.39. The number of esters is 1. The Morgan fingerprint density at radius 2 is 1.77 bits per heavy atom. The number of hydrogen-bond acceptors (Lipinski definition) is 5. The average molecular weight is 405 g/mol. The van der Waals surface area contributed by atoms with Crippen LogP contribution < -0.4 is 10.2 Å². The van der Waals surface area contributed by atoms with Gasteiger partial charge >= 0.3 is 5.97 Å². The highest BCUT2D eigenvalue weighted by molar-refractivity contribution is 6.05. The van der Waals surface area contributed by atoms with E-state index in [4.69, 9.17) is 4.74 Å². The fourth-order valence-electron chi connectivity index (χ4n) is 3.33. The highest BCUT2D eigenvalue weighted by atomic mass is 16.5. The van der Waals surface area contributed by atoms with E-state index in [1.165, 1.54) is 0 Å². The van der Waals surface area contributed by atoms with E-state index in [1.54, 1.807) is 0 Å². The maximum atomic E-state index is 12.8. The van der Waals surface area contributed by atoms with Gasteiger partial charge in [-0.1, -0.05) is 37.3 Å². The lowest BCUT2D eigenvalue weighted by Crippen LogP contribution is -2.28. The highest BCUT2D eigenvalue weighted by Crippen LogP contribution is 2.24. The molecule has 0 radical (unpaired) electrons. The summed E-state index contributed by atoms with van der Waals surface area (Å²) in [5.41, 5.74) is 4.94. The van der Waals surface area contributed by atoms with E-state index in [0.29, 0.717) is 18.5 Å². The van der Waals surface area contributed by atoms with E-state index in [0.717, 1.165) is 33.4 Å². The second-order valence-electron chi connectivity index (χ2n) is 7.34. The lowest BCUT2D eigenvalue weighted by molar-refractivity contribution is -0.124. The molecule has 156 valence electrons. The van der Waals surface area contributed by atoms with E-state index in [1.807, 2.05) is 81.4 Å². The summed E-state index contributed by atoms with van der Waals surface area (Å²) in [6.45, 7) is 3.91. The van der Waals surface area contributed by atoms with Gasteiger partial charge in [0.25, 0.3) is 5.91 Å². The SMILES string of the molecule is CCc1nc2ccccc2c(C(=O)OCC(=O)NCc2ccc(N(C)C)cc2)c1C. The number of nitrogens with zero attached hydrogens (tertiary/aromatic N) is 2. The molecule has 0 spiro atoms. The van der Waals surface area contributed by atoms with Crippen LogP contribution in [0.15, 0.2) is 48.5 Å². The van der Waals surface area contributed by atoms with Crippen molar-refractivity contribution in [2.45, 2.75) is 26.8 Å². The number of amides is 1. The number of rotatable bonds is 7. The molecule has 6 heteroatoms. The number of anilines is 1. The van der Waals surface area contributed by atoms with Gasteiger partial charge in [-0.25, -0.2) is 4.79 Å². The smallest absolute Gasteiger partial charge is 0.339 e. The van der Waals surface area contributed by atoms with Crippen molar-refractivity contribution in [3.05, 3.63) is 70.9 Å². The van der Waals surface area contributed by atoms with Gasteiger partial charge in [0.05, 0.1) is 11.1 Å². The first-order valence-corrected chi connectivity index (χ1v) is 9.99. The van der Waals surface area contributed by atoms with Crippen molar-refractivity contribution in [2.75, 3.05) is 25.6 Å². The Labute approximate surface area is 176 Å². The monoisotopic (exact) mass is 405 g/mol. The van der Waals surface area contributed by atoms with Crippen LogP contribution in [0.2, 0.25) is 0 Å². The normalized spacial score (nSPS) is 10.7. The van der Waals surface area contributed by atoms with Gasteiger partial charge in [0.1, 0.15) is 0 Å². The average Bonchev–Trinajstić information content (AvgIpc) is 2.75. The number of benzene rings is 2. The molecule has 0 unspecified atom stereocenters. The van der Waals surface area contributed by atoms with Crippen LogP contribution in [0.25, 0.3) is 10.9 Å². The van der Waals surface area contributed by atoms with Crippen LogP contribution in [0.5, 0.6) is 0 Å². The number of pyridine rings is 1. The number of aryl methyl sites for hydroxylation is 1. The molecule has 0 saturated heterocycles. The highest BCUT2D eigenvalue weighted by Gasteiger charge is 2.19. The van der Waals surface area contributed by atoms with E-state index < -0.39 is 5.97 Å². The molecule has 3 aromatic rings. The van der Waals surface area contributed by atoms with Crippen LogP contribution in [0.3, 0.4) is 0 Å². The van der Waals surface area contributed by atoms with Crippen LogP contribution in [-0.4, -0.2) is 37.6 Å². The summed E-state index contributed by atoms with van der Waals surface area (Å²) in [4.78, 5) is 31.6. The van der Waals surface area contributed by atoms with E-state index in [9.17, 15) is 9.59 Å². The Hall–Kier alpha value is -3.41. The summed E-state index contributed by atoms with van der Waals surface area (Å²) in [6, 6.07) is 15.4. The molecule has 1 amide bonds. The second-order valence-corrected chi connectivity index (χ2v) is 7.34. The Balaban J connectivity index is 1.64. The fourth-order valence-corrected chi connectivity index (χ4v) is 3.33. The van der Waals surface area contributed by atoms with Crippen molar-refractivity contribution in [3.8, 4) is 0 Å². The van der Waals surface area contributed by atoms with E-state index >= 15 is 0 Å². The molecule has 0 bridgehead atoms. The molecule has 6 nitrogen and oxygen atoms in total. The standard InChI is InChI=1S/C24H27N3O3/c1-5-20-16(2)23(19-8-6-7-9-21(19)26-20)24(29)30-15-22(28)25-14-17-10-12-18(13-11-17)27(3)4/h6-13H,5,14-15H2,1-4H3,(H,25,28). The van der Waals surface area contributed by atoms with Gasteiger partial charge in [-0.15, -0.1) is 0 Å². The van der Waals surface area contributed by atoms with Crippen molar-refractivity contribution in [1.29, 1.82) is 0 Å². The summed E-state index contributed by atoms with van der Waals surface area (Å²) in [5, 5.41) is 3.52. The summed E-state index contributed by atoms with van der Waals surface area (Å²) in [7, 11) is 3.95. The molecule has 0 atom stereocenters. The first-order valence-electron chi connectivity index (χ1n) is 9.99. The van der Waals surface area contributed by atoms with Crippen molar-refractivity contribution in [1.82, 2.24) is 10.3 Å². The maximum absolute atomic E-state index is 12.8. The van der Waals surface area contributed by atoms with Gasteiger partial charge in [0.15, 0.2) is 6.61 Å². The van der Waals surface area contributed by atoms with Crippen molar-refractivity contribution >= 4 is 28.5 Å². The summed E-state index contributed by atoms with van der Waals surface area (Å²) in [5.74, 6) is -0.849. The van der Waals surface area contributed by atoms with Gasteiger partial charge in [0, 0.05) is 37.4 Å². The number of para-hydroxylation sites is 1. The molecular weight excluding hydrogens is 378 g/mol. The fraction of sp³-hybridized carbons (Fsp3) is 0.292. The molecule has 3 rings (SSSR count). The number of carbonyl (C=O) groups is 2. The maximum Gasteiger partial charge on any atom is 0.339 e. The number of hydrogen-bond donors (Lipinski definition) is 1. The van der Waals surface area contributed by atoms with Crippen LogP contribution >= 0.6 is 0 Å². The number of aromatic nitrogens is 1. The minimum Gasteiger partial charge on any atom is -0.452 e. The Bertz CT molecular complexity index is 1060. The predicted molar refractivity (Wildman–Crippen MR) is 119 cm³/mol. The van der Waals surface area contributed by atoms with Crippen molar-refractivity contribution in [3.63, 3.8) is 0 Å². The van der Waals surface area contributed by atoms with Gasteiger partial charge in [-0.05, 0) is 42.7 Å². The van der Waals surface area contributed by atoms with Crippen LogP contribution in [0, 0.1) is 6.92 Å². The molecule has 30 heavy (non-hydrogen) atoms. The number of nitrogens with one attached hydrogen (secondary N) is 1. The molecule has 0 fully saturated rings. The Kier molecular flexibility index (Phi) is 6.67. The van der Waals surface area contributed by atoms with Crippen LogP contribution in [0.4, 0.5) is 5.69 Å². The van der Waals surface area contributed by atoms with E-state index in [-0.39, 0.29) is 12.5 Å². The number of fused-ring (bicyclic) bond motifs is 1. The first-order chi connectivity index (χ1) is 14.4. The zero-order chi connectivity index (χ0) is 21.7. The van der Waals surface area contributed by atoms with Crippen LogP contribution in [-0.2, 0) is 22.5 Å².